The third-order valence-corrected chi connectivity index (χ3v) is 3.31. The van der Waals surface area contributed by atoms with Gasteiger partial charge in [0, 0.05) is 26.7 Å². The summed E-state index contributed by atoms with van der Waals surface area (Å²) in [5, 5.41) is 0. The lowest BCUT2D eigenvalue weighted by atomic mass is 10.1. The molecule has 0 saturated carbocycles. The predicted octanol–water partition coefficient (Wildman–Crippen LogP) is 1.92. The molecule has 0 bridgehead atoms. The third-order valence-electron chi connectivity index (χ3n) is 3.31. The van der Waals surface area contributed by atoms with Gasteiger partial charge >= 0.3 is 0 Å². The molecule has 4 nitrogen and oxygen atoms in total. The van der Waals surface area contributed by atoms with Gasteiger partial charge in [0.25, 0.3) is 0 Å². The van der Waals surface area contributed by atoms with E-state index in [1.807, 2.05) is 31.1 Å². The lowest BCUT2D eigenvalue weighted by molar-refractivity contribution is -0.132. The van der Waals surface area contributed by atoms with Crippen molar-refractivity contribution >= 4 is 5.91 Å². The Kier molecular flexibility index (Phi) is 7.26. The first-order valence-corrected chi connectivity index (χ1v) is 7.00. The number of aryl methyl sites for hydroxylation is 1. The van der Waals surface area contributed by atoms with Crippen LogP contribution in [-0.2, 0) is 16.1 Å². The first kappa shape index (κ1) is 16.7. The van der Waals surface area contributed by atoms with Crippen molar-refractivity contribution in [1.82, 2.24) is 9.80 Å². The molecule has 1 amide bonds. The fourth-order valence-electron chi connectivity index (χ4n) is 1.95. The Hall–Kier alpha value is -1.39. The number of likely N-dealkylation sites (N-methyl/N-ethyl adjacent to an activating group) is 1. The minimum atomic E-state index is 0.150. The zero-order chi connectivity index (χ0) is 15.0. The standard InChI is InChI=1S/C16H26N2O2/c1-14-7-5-6-8-15(14)13-18(11-10-17(2)3)16(19)9-12-20-4/h5-8H,9-13H2,1-4H3. The van der Waals surface area contributed by atoms with E-state index in [1.54, 1.807) is 7.11 Å². The van der Waals surface area contributed by atoms with Crippen LogP contribution in [0.1, 0.15) is 17.5 Å². The van der Waals surface area contributed by atoms with Crippen LogP contribution < -0.4 is 0 Å². The summed E-state index contributed by atoms with van der Waals surface area (Å²) in [4.78, 5) is 16.3. The van der Waals surface area contributed by atoms with Gasteiger partial charge in [-0.1, -0.05) is 24.3 Å². The van der Waals surface area contributed by atoms with Crippen LogP contribution in [0.2, 0.25) is 0 Å². The van der Waals surface area contributed by atoms with Crippen molar-refractivity contribution in [3.8, 4) is 0 Å². The number of rotatable bonds is 8. The summed E-state index contributed by atoms with van der Waals surface area (Å²) in [5.74, 6) is 0.150. The van der Waals surface area contributed by atoms with Crippen molar-refractivity contribution in [2.24, 2.45) is 0 Å². The van der Waals surface area contributed by atoms with E-state index in [1.165, 1.54) is 11.1 Å². The van der Waals surface area contributed by atoms with E-state index < -0.39 is 0 Å². The molecule has 0 atom stereocenters. The number of carbonyl (C=O) groups excluding carboxylic acids is 1. The smallest absolute Gasteiger partial charge is 0.225 e. The lowest BCUT2D eigenvalue weighted by Crippen LogP contribution is -2.36. The summed E-state index contributed by atoms with van der Waals surface area (Å²) in [6.45, 7) is 4.84. The van der Waals surface area contributed by atoms with Crippen LogP contribution in [0.3, 0.4) is 0 Å². The van der Waals surface area contributed by atoms with E-state index >= 15 is 0 Å². The van der Waals surface area contributed by atoms with Crippen LogP contribution in [-0.4, -0.2) is 56.6 Å². The van der Waals surface area contributed by atoms with Gasteiger partial charge < -0.3 is 14.5 Å². The molecule has 0 aliphatic heterocycles. The molecule has 1 aromatic rings. The van der Waals surface area contributed by atoms with Gasteiger partial charge in [0.15, 0.2) is 0 Å². The fourth-order valence-corrected chi connectivity index (χ4v) is 1.95. The maximum Gasteiger partial charge on any atom is 0.225 e. The summed E-state index contributed by atoms with van der Waals surface area (Å²) < 4.78 is 5.00. The molecule has 1 rings (SSSR count). The molecule has 0 N–H and O–H groups in total. The van der Waals surface area contributed by atoms with Gasteiger partial charge in [0.1, 0.15) is 0 Å². The Morgan fingerprint density at radius 3 is 2.50 bits per heavy atom. The highest BCUT2D eigenvalue weighted by molar-refractivity contribution is 5.76. The molecule has 0 radical (unpaired) electrons. The summed E-state index contributed by atoms with van der Waals surface area (Å²) >= 11 is 0. The average Bonchev–Trinajstić information content (AvgIpc) is 2.42. The number of ether oxygens (including phenoxy) is 1. The lowest BCUT2D eigenvalue weighted by Gasteiger charge is -2.25. The van der Waals surface area contributed by atoms with E-state index in [0.717, 1.165) is 13.1 Å². The Morgan fingerprint density at radius 1 is 1.20 bits per heavy atom. The van der Waals surface area contributed by atoms with E-state index in [0.29, 0.717) is 19.6 Å². The number of nitrogens with zero attached hydrogens (tertiary/aromatic N) is 2. The van der Waals surface area contributed by atoms with Crippen molar-refractivity contribution < 1.29 is 9.53 Å². The molecule has 0 fully saturated rings. The number of hydrogen-bond acceptors (Lipinski definition) is 3. The molecular formula is C16H26N2O2. The van der Waals surface area contributed by atoms with Gasteiger partial charge in [0.2, 0.25) is 5.91 Å². The highest BCUT2D eigenvalue weighted by Gasteiger charge is 2.14. The molecular weight excluding hydrogens is 252 g/mol. The average molecular weight is 278 g/mol. The van der Waals surface area contributed by atoms with Gasteiger partial charge in [0.05, 0.1) is 13.0 Å². The minimum Gasteiger partial charge on any atom is -0.384 e. The van der Waals surface area contributed by atoms with Crippen molar-refractivity contribution in [2.75, 3.05) is 40.9 Å². The minimum absolute atomic E-state index is 0.150. The molecule has 0 unspecified atom stereocenters. The summed E-state index contributed by atoms with van der Waals surface area (Å²) in [5.41, 5.74) is 2.43. The molecule has 0 saturated heterocycles. The van der Waals surface area contributed by atoms with E-state index in [4.69, 9.17) is 4.74 Å². The summed E-state index contributed by atoms with van der Waals surface area (Å²) in [6.07, 6.45) is 0.440. The van der Waals surface area contributed by atoms with E-state index in [-0.39, 0.29) is 5.91 Å². The van der Waals surface area contributed by atoms with Gasteiger partial charge in [-0.05, 0) is 32.1 Å². The number of carbonyl (C=O) groups is 1. The van der Waals surface area contributed by atoms with Crippen LogP contribution in [0.15, 0.2) is 24.3 Å². The first-order valence-electron chi connectivity index (χ1n) is 7.00. The van der Waals surface area contributed by atoms with Crippen molar-refractivity contribution in [2.45, 2.75) is 19.9 Å². The predicted molar refractivity (Wildman–Crippen MR) is 81.6 cm³/mol. The summed E-state index contributed by atoms with van der Waals surface area (Å²) in [7, 11) is 5.66. The van der Waals surface area contributed by atoms with Gasteiger partial charge in [-0.25, -0.2) is 0 Å². The molecule has 0 aliphatic rings. The molecule has 112 valence electrons. The Labute approximate surface area is 122 Å². The van der Waals surface area contributed by atoms with Crippen LogP contribution in [0.25, 0.3) is 0 Å². The number of amides is 1. The molecule has 0 aromatic heterocycles. The van der Waals surface area contributed by atoms with Crippen LogP contribution in [0, 0.1) is 6.92 Å². The SMILES string of the molecule is COCCC(=O)N(CCN(C)C)Cc1ccccc1C. The van der Waals surface area contributed by atoms with Crippen LogP contribution in [0.4, 0.5) is 0 Å². The van der Waals surface area contributed by atoms with Crippen LogP contribution >= 0.6 is 0 Å². The number of benzene rings is 1. The Balaban J connectivity index is 2.71. The highest BCUT2D eigenvalue weighted by Crippen LogP contribution is 2.11. The first-order chi connectivity index (χ1) is 9.54. The Bertz CT molecular complexity index is 419. The maximum absolute atomic E-state index is 12.3. The second-order valence-electron chi connectivity index (χ2n) is 5.29. The summed E-state index contributed by atoms with van der Waals surface area (Å²) in [6, 6.07) is 8.21. The van der Waals surface area contributed by atoms with Crippen LogP contribution in [0.5, 0.6) is 0 Å². The van der Waals surface area contributed by atoms with Crippen molar-refractivity contribution in [3.05, 3.63) is 35.4 Å². The topological polar surface area (TPSA) is 32.8 Å². The largest absolute Gasteiger partial charge is 0.384 e. The molecule has 0 aliphatic carbocycles. The molecule has 0 heterocycles. The fraction of sp³-hybridized carbons (Fsp3) is 0.562. The second-order valence-corrected chi connectivity index (χ2v) is 5.29. The maximum atomic E-state index is 12.3. The molecule has 0 spiro atoms. The Morgan fingerprint density at radius 2 is 1.90 bits per heavy atom. The van der Waals surface area contributed by atoms with Crippen molar-refractivity contribution in [1.29, 1.82) is 0 Å². The second kappa shape index (κ2) is 8.72. The van der Waals surface area contributed by atoms with Gasteiger partial charge in [-0.3, -0.25) is 4.79 Å². The molecule has 1 aromatic carbocycles. The molecule has 20 heavy (non-hydrogen) atoms. The monoisotopic (exact) mass is 278 g/mol. The van der Waals surface area contributed by atoms with Gasteiger partial charge in [-0.2, -0.15) is 0 Å². The zero-order valence-corrected chi connectivity index (χ0v) is 13.1. The third kappa shape index (κ3) is 5.72. The van der Waals surface area contributed by atoms with Crippen molar-refractivity contribution in [3.63, 3.8) is 0 Å². The number of hydrogen-bond donors (Lipinski definition) is 0. The quantitative estimate of drug-likeness (QED) is 0.728. The van der Waals surface area contributed by atoms with E-state index in [2.05, 4.69) is 24.0 Å². The highest BCUT2D eigenvalue weighted by atomic mass is 16.5. The van der Waals surface area contributed by atoms with E-state index in [9.17, 15) is 4.79 Å². The van der Waals surface area contributed by atoms with Gasteiger partial charge in [-0.15, -0.1) is 0 Å². The normalized spacial score (nSPS) is 10.8. The number of methoxy groups -OCH3 is 1. The zero-order valence-electron chi connectivity index (χ0n) is 13.1. The molecule has 4 heteroatoms.